The molecule has 2 aliphatic rings. The molecule has 0 aliphatic heterocycles. The number of amides is 1. The average Bonchev–Trinajstić information content (AvgIpc) is 3.12. The standard InChI is InChI=1S/C17H21BrN2O/c18-13-9-7-12(8-10-13)11-19-20-17(21)16-14-5-3-1-2-4-6-15(14)16/h7-11,14-16H,1-6H2,(H,20,21)/t14-,15-/m0/s1. The largest absolute Gasteiger partial charge is 0.273 e. The van der Waals surface area contributed by atoms with E-state index in [1.54, 1.807) is 6.21 Å². The Labute approximate surface area is 134 Å². The first-order chi connectivity index (χ1) is 10.3. The van der Waals surface area contributed by atoms with Crippen LogP contribution in [-0.2, 0) is 4.79 Å². The molecule has 2 fully saturated rings. The van der Waals surface area contributed by atoms with Gasteiger partial charge < -0.3 is 0 Å². The van der Waals surface area contributed by atoms with Crippen molar-refractivity contribution in [2.75, 3.05) is 0 Å². The Kier molecular flexibility index (Phi) is 4.73. The highest BCUT2D eigenvalue weighted by molar-refractivity contribution is 9.10. The molecule has 3 nitrogen and oxygen atoms in total. The fourth-order valence-electron chi connectivity index (χ4n) is 3.53. The number of hydrogen-bond acceptors (Lipinski definition) is 2. The van der Waals surface area contributed by atoms with Crippen molar-refractivity contribution in [3.63, 3.8) is 0 Å². The summed E-state index contributed by atoms with van der Waals surface area (Å²) in [5.74, 6) is 1.56. The van der Waals surface area contributed by atoms with E-state index in [4.69, 9.17) is 0 Å². The molecule has 0 heterocycles. The lowest BCUT2D eigenvalue weighted by Gasteiger charge is -2.04. The molecule has 0 aromatic heterocycles. The molecule has 0 unspecified atom stereocenters. The zero-order valence-corrected chi connectivity index (χ0v) is 13.7. The van der Waals surface area contributed by atoms with Gasteiger partial charge in [-0.1, -0.05) is 53.7 Å². The number of carbonyl (C=O) groups is 1. The summed E-state index contributed by atoms with van der Waals surface area (Å²) in [7, 11) is 0. The third-order valence-electron chi connectivity index (χ3n) is 4.72. The van der Waals surface area contributed by atoms with Crippen molar-refractivity contribution in [3.05, 3.63) is 34.3 Å². The number of hydrogen-bond donors (Lipinski definition) is 1. The second-order valence-corrected chi connectivity index (χ2v) is 7.05. The summed E-state index contributed by atoms with van der Waals surface area (Å²) in [6.07, 6.45) is 9.38. The Bertz CT molecular complexity index is 512. The average molecular weight is 349 g/mol. The molecule has 21 heavy (non-hydrogen) atoms. The highest BCUT2D eigenvalue weighted by atomic mass is 79.9. The van der Waals surface area contributed by atoms with Crippen molar-refractivity contribution in [2.24, 2.45) is 22.9 Å². The van der Waals surface area contributed by atoms with E-state index in [0.717, 1.165) is 10.0 Å². The monoisotopic (exact) mass is 348 g/mol. The van der Waals surface area contributed by atoms with Gasteiger partial charge in [-0.15, -0.1) is 0 Å². The highest BCUT2D eigenvalue weighted by Crippen LogP contribution is 2.53. The maximum absolute atomic E-state index is 12.2. The van der Waals surface area contributed by atoms with Crippen LogP contribution in [0.2, 0.25) is 0 Å². The second-order valence-electron chi connectivity index (χ2n) is 6.13. The van der Waals surface area contributed by atoms with Gasteiger partial charge in [0.15, 0.2) is 0 Å². The molecule has 112 valence electrons. The normalized spacial score (nSPS) is 28.5. The van der Waals surface area contributed by atoms with Gasteiger partial charge in [0, 0.05) is 10.4 Å². The minimum Gasteiger partial charge on any atom is -0.273 e. The number of hydrazone groups is 1. The number of rotatable bonds is 3. The van der Waals surface area contributed by atoms with Gasteiger partial charge in [-0.05, 0) is 42.4 Å². The molecule has 0 spiro atoms. The maximum atomic E-state index is 12.2. The van der Waals surface area contributed by atoms with Gasteiger partial charge >= 0.3 is 0 Å². The predicted molar refractivity (Wildman–Crippen MR) is 88.1 cm³/mol. The summed E-state index contributed by atoms with van der Waals surface area (Å²) in [4.78, 5) is 12.2. The van der Waals surface area contributed by atoms with Crippen molar-refractivity contribution in [1.29, 1.82) is 0 Å². The predicted octanol–water partition coefficient (Wildman–Crippen LogP) is 4.12. The molecule has 1 aromatic carbocycles. The lowest BCUT2D eigenvalue weighted by atomic mass is 10.0. The molecule has 4 heteroatoms. The van der Waals surface area contributed by atoms with Crippen molar-refractivity contribution >= 4 is 28.1 Å². The van der Waals surface area contributed by atoms with Crippen LogP contribution < -0.4 is 5.43 Å². The van der Waals surface area contributed by atoms with Crippen LogP contribution in [0, 0.1) is 17.8 Å². The fraction of sp³-hybridized carbons (Fsp3) is 0.529. The summed E-state index contributed by atoms with van der Waals surface area (Å²) in [5, 5.41) is 4.10. The van der Waals surface area contributed by atoms with Crippen molar-refractivity contribution < 1.29 is 4.79 Å². The first-order valence-corrected chi connectivity index (χ1v) is 8.63. The summed E-state index contributed by atoms with van der Waals surface area (Å²) in [5.41, 5.74) is 3.71. The Morgan fingerprint density at radius 3 is 2.33 bits per heavy atom. The fourth-order valence-corrected chi connectivity index (χ4v) is 3.79. The highest BCUT2D eigenvalue weighted by Gasteiger charge is 2.53. The van der Waals surface area contributed by atoms with Crippen molar-refractivity contribution in [3.8, 4) is 0 Å². The van der Waals surface area contributed by atoms with Gasteiger partial charge in [0.05, 0.1) is 6.21 Å². The lowest BCUT2D eigenvalue weighted by molar-refractivity contribution is -0.122. The van der Waals surface area contributed by atoms with Gasteiger partial charge in [-0.2, -0.15) is 5.10 Å². The number of halogens is 1. The Hall–Kier alpha value is -1.16. The number of nitrogens with one attached hydrogen (secondary N) is 1. The molecule has 1 N–H and O–H groups in total. The minimum absolute atomic E-state index is 0.111. The van der Waals surface area contributed by atoms with Gasteiger partial charge in [-0.3, -0.25) is 4.79 Å². The van der Waals surface area contributed by atoms with Crippen LogP contribution in [0.15, 0.2) is 33.8 Å². The summed E-state index contributed by atoms with van der Waals surface area (Å²) in [6, 6.07) is 7.85. The van der Waals surface area contributed by atoms with E-state index >= 15 is 0 Å². The zero-order chi connectivity index (χ0) is 14.7. The molecule has 2 aliphatic carbocycles. The topological polar surface area (TPSA) is 41.5 Å². The minimum atomic E-state index is 0.111. The molecule has 0 bridgehead atoms. The van der Waals surface area contributed by atoms with E-state index < -0.39 is 0 Å². The quantitative estimate of drug-likeness (QED) is 0.647. The van der Waals surface area contributed by atoms with Crippen LogP contribution in [0.4, 0.5) is 0 Å². The van der Waals surface area contributed by atoms with E-state index in [-0.39, 0.29) is 11.8 Å². The molecule has 0 radical (unpaired) electrons. The first kappa shape index (κ1) is 14.8. The zero-order valence-electron chi connectivity index (χ0n) is 12.1. The number of fused-ring (bicyclic) bond motifs is 1. The van der Waals surface area contributed by atoms with Crippen LogP contribution >= 0.6 is 15.9 Å². The summed E-state index contributed by atoms with van der Waals surface area (Å²) in [6.45, 7) is 0. The summed E-state index contributed by atoms with van der Waals surface area (Å²) < 4.78 is 1.04. The van der Waals surface area contributed by atoms with E-state index in [1.165, 1.54) is 38.5 Å². The molecular formula is C17H21BrN2O. The number of nitrogens with zero attached hydrogens (tertiary/aromatic N) is 1. The smallest absolute Gasteiger partial charge is 0.243 e. The molecule has 0 saturated heterocycles. The number of benzene rings is 1. The Balaban J connectivity index is 1.51. The van der Waals surface area contributed by atoms with E-state index in [2.05, 4.69) is 26.5 Å². The van der Waals surface area contributed by atoms with Crippen LogP contribution in [0.1, 0.15) is 44.1 Å². The van der Waals surface area contributed by atoms with Crippen LogP contribution in [-0.4, -0.2) is 12.1 Å². The molecule has 2 saturated carbocycles. The second kappa shape index (κ2) is 6.73. The molecular weight excluding hydrogens is 328 g/mol. The van der Waals surface area contributed by atoms with Gasteiger partial charge in [-0.25, -0.2) is 5.43 Å². The molecule has 2 atom stereocenters. The molecule has 1 aromatic rings. The van der Waals surface area contributed by atoms with Gasteiger partial charge in [0.2, 0.25) is 5.91 Å². The third kappa shape index (κ3) is 3.73. The van der Waals surface area contributed by atoms with Crippen molar-refractivity contribution in [2.45, 2.75) is 38.5 Å². The lowest BCUT2D eigenvalue weighted by Crippen LogP contribution is -2.21. The van der Waals surface area contributed by atoms with Crippen molar-refractivity contribution in [1.82, 2.24) is 5.43 Å². The van der Waals surface area contributed by atoms with Crippen LogP contribution in [0.3, 0.4) is 0 Å². The first-order valence-electron chi connectivity index (χ1n) is 7.84. The Morgan fingerprint density at radius 2 is 1.71 bits per heavy atom. The Morgan fingerprint density at radius 1 is 1.10 bits per heavy atom. The number of carbonyl (C=O) groups excluding carboxylic acids is 1. The summed E-state index contributed by atoms with van der Waals surface area (Å²) >= 11 is 3.40. The molecule has 3 rings (SSSR count). The van der Waals surface area contributed by atoms with Crippen LogP contribution in [0.25, 0.3) is 0 Å². The van der Waals surface area contributed by atoms with E-state index in [9.17, 15) is 4.79 Å². The van der Waals surface area contributed by atoms with Gasteiger partial charge in [0.1, 0.15) is 0 Å². The maximum Gasteiger partial charge on any atom is 0.243 e. The molecule has 1 amide bonds. The van der Waals surface area contributed by atoms with E-state index in [0.29, 0.717) is 11.8 Å². The third-order valence-corrected chi connectivity index (χ3v) is 5.25. The SMILES string of the molecule is O=C(NN=Cc1ccc(Br)cc1)C1[C@H]2CCCCCC[C@H]12. The van der Waals surface area contributed by atoms with E-state index in [1.807, 2.05) is 24.3 Å². The van der Waals surface area contributed by atoms with Gasteiger partial charge in [0.25, 0.3) is 0 Å². The van der Waals surface area contributed by atoms with Crippen LogP contribution in [0.5, 0.6) is 0 Å².